The van der Waals surface area contributed by atoms with Gasteiger partial charge in [0, 0.05) is 0 Å². The molecule has 0 spiro atoms. The molecule has 0 aromatic rings. The van der Waals surface area contributed by atoms with Crippen LogP contribution in [0.15, 0.2) is 0 Å². The molecule has 5 heteroatoms. The van der Waals surface area contributed by atoms with E-state index in [0.717, 1.165) is 32.1 Å². The van der Waals surface area contributed by atoms with E-state index < -0.39 is 18.1 Å². The fraction of sp³-hybridized carbons (Fsp3) is 0.846. The first-order valence-corrected chi connectivity index (χ1v) is 6.71. The number of hydrogen-bond acceptors (Lipinski definition) is 4. The molecule has 18 heavy (non-hydrogen) atoms. The van der Waals surface area contributed by atoms with Crippen LogP contribution in [-0.2, 0) is 14.3 Å². The molecule has 1 N–H and O–H groups in total. The minimum atomic E-state index is -0.666. The van der Waals surface area contributed by atoms with Crippen LogP contribution in [0.2, 0.25) is 0 Å². The lowest BCUT2D eigenvalue weighted by Crippen LogP contribution is -2.40. The van der Waals surface area contributed by atoms with E-state index in [9.17, 15) is 9.59 Å². The van der Waals surface area contributed by atoms with Gasteiger partial charge in [0.15, 0.2) is 0 Å². The van der Waals surface area contributed by atoms with E-state index in [4.69, 9.17) is 9.47 Å². The van der Waals surface area contributed by atoms with Crippen molar-refractivity contribution in [3.63, 3.8) is 0 Å². The Morgan fingerprint density at radius 3 is 2.22 bits per heavy atom. The number of nitrogens with one attached hydrogen (secondary N) is 1. The highest BCUT2D eigenvalue weighted by molar-refractivity contribution is 5.80. The van der Waals surface area contributed by atoms with Crippen LogP contribution in [0, 0.1) is 0 Å². The molecular formula is C13H25NO4. The summed E-state index contributed by atoms with van der Waals surface area (Å²) in [6.07, 6.45) is 4.19. The third-order valence-corrected chi connectivity index (χ3v) is 2.41. The molecule has 0 heterocycles. The molecule has 0 bridgehead atoms. The molecule has 0 rings (SSSR count). The highest BCUT2D eigenvalue weighted by Crippen LogP contribution is 1.97. The van der Waals surface area contributed by atoms with Crippen molar-refractivity contribution < 1.29 is 19.1 Å². The van der Waals surface area contributed by atoms with Gasteiger partial charge in [-0.15, -0.1) is 0 Å². The van der Waals surface area contributed by atoms with Gasteiger partial charge < -0.3 is 14.8 Å². The van der Waals surface area contributed by atoms with E-state index in [2.05, 4.69) is 12.2 Å². The zero-order valence-electron chi connectivity index (χ0n) is 11.7. The lowest BCUT2D eigenvalue weighted by molar-refractivity contribution is -0.145. The number of rotatable bonds is 9. The summed E-state index contributed by atoms with van der Waals surface area (Å²) in [5.41, 5.74) is 0. The van der Waals surface area contributed by atoms with Crippen LogP contribution in [0.3, 0.4) is 0 Å². The van der Waals surface area contributed by atoms with Gasteiger partial charge in [-0.25, -0.2) is 9.59 Å². The normalized spacial score (nSPS) is 11.7. The fourth-order valence-electron chi connectivity index (χ4n) is 1.24. The summed E-state index contributed by atoms with van der Waals surface area (Å²) in [6, 6.07) is -0.666. The van der Waals surface area contributed by atoms with Crippen molar-refractivity contribution in [3.8, 4) is 0 Å². The molecule has 0 saturated carbocycles. The number of alkyl carbamates (subject to hydrolysis) is 1. The van der Waals surface area contributed by atoms with Crippen molar-refractivity contribution in [1.82, 2.24) is 5.32 Å². The van der Waals surface area contributed by atoms with E-state index in [1.165, 1.54) is 0 Å². The van der Waals surface area contributed by atoms with E-state index in [-0.39, 0.29) is 0 Å². The Balaban J connectivity index is 3.68. The smallest absolute Gasteiger partial charge is 0.407 e. The molecule has 0 saturated heterocycles. The lowest BCUT2D eigenvalue weighted by atomic mass is 10.3. The van der Waals surface area contributed by atoms with Gasteiger partial charge in [0.25, 0.3) is 0 Å². The van der Waals surface area contributed by atoms with Crippen molar-refractivity contribution >= 4 is 12.1 Å². The van der Waals surface area contributed by atoms with Gasteiger partial charge in [0.2, 0.25) is 0 Å². The molecule has 0 radical (unpaired) electrons. The first kappa shape index (κ1) is 16.7. The maximum atomic E-state index is 11.5. The Morgan fingerprint density at radius 1 is 1.00 bits per heavy atom. The second-order valence-corrected chi connectivity index (χ2v) is 4.23. The van der Waals surface area contributed by atoms with Crippen molar-refractivity contribution in [3.05, 3.63) is 0 Å². The van der Waals surface area contributed by atoms with E-state index in [0.29, 0.717) is 13.2 Å². The number of amides is 1. The molecule has 1 atom stereocenters. The van der Waals surface area contributed by atoms with Gasteiger partial charge in [0.05, 0.1) is 13.2 Å². The molecule has 106 valence electrons. The zero-order chi connectivity index (χ0) is 13.8. The molecule has 1 unspecified atom stereocenters. The quantitative estimate of drug-likeness (QED) is 0.510. The largest absolute Gasteiger partial charge is 0.464 e. The monoisotopic (exact) mass is 259 g/mol. The predicted octanol–water partition coefficient (Wildman–Crippen LogP) is 2.63. The number of carbonyl (C=O) groups excluding carboxylic acids is 2. The third kappa shape index (κ3) is 8.84. The number of ether oxygens (including phenoxy) is 2. The van der Waals surface area contributed by atoms with Crippen molar-refractivity contribution in [2.75, 3.05) is 13.2 Å². The molecule has 0 aliphatic rings. The van der Waals surface area contributed by atoms with Crippen LogP contribution in [0.5, 0.6) is 0 Å². The van der Waals surface area contributed by atoms with Crippen LogP contribution in [0.4, 0.5) is 4.79 Å². The van der Waals surface area contributed by atoms with E-state index in [1.807, 2.05) is 6.92 Å². The number of unbranched alkanes of at least 4 members (excludes halogenated alkanes) is 3. The predicted molar refractivity (Wildman–Crippen MR) is 69.3 cm³/mol. The summed E-state index contributed by atoms with van der Waals surface area (Å²) in [7, 11) is 0. The summed E-state index contributed by atoms with van der Waals surface area (Å²) >= 11 is 0. The van der Waals surface area contributed by atoms with Crippen molar-refractivity contribution in [2.24, 2.45) is 0 Å². The van der Waals surface area contributed by atoms with Crippen LogP contribution in [0.1, 0.15) is 52.9 Å². The Labute approximate surface area is 109 Å². The Bertz CT molecular complexity index is 243. The van der Waals surface area contributed by atoms with Crippen LogP contribution in [-0.4, -0.2) is 31.3 Å². The van der Waals surface area contributed by atoms with Gasteiger partial charge >= 0.3 is 12.1 Å². The minimum Gasteiger partial charge on any atom is -0.464 e. The van der Waals surface area contributed by atoms with Gasteiger partial charge in [-0.3, -0.25) is 0 Å². The first-order valence-electron chi connectivity index (χ1n) is 6.71. The standard InChI is InChI=1S/C13H25NO4/c1-4-6-8-10-17-12(15)11(3)14-13(16)18-9-7-5-2/h11H,4-10H2,1-3H3,(H,14,16). The molecule has 0 aromatic heterocycles. The van der Waals surface area contributed by atoms with Gasteiger partial charge in [-0.2, -0.15) is 0 Å². The number of hydrogen-bond donors (Lipinski definition) is 1. The summed E-state index contributed by atoms with van der Waals surface area (Å²) in [5.74, 6) is -0.418. The summed E-state index contributed by atoms with van der Waals surface area (Å²) < 4.78 is 9.91. The maximum absolute atomic E-state index is 11.5. The maximum Gasteiger partial charge on any atom is 0.407 e. The third-order valence-electron chi connectivity index (χ3n) is 2.41. The zero-order valence-corrected chi connectivity index (χ0v) is 11.7. The Kier molecular flexibility index (Phi) is 10.1. The first-order chi connectivity index (χ1) is 8.61. The van der Waals surface area contributed by atoms with Crippen molar-refractivity contribution in [2.45, 2.75) is 58.9 Å². The second-order valence-electron chi connectivity index (χ2n) is 4.23. The highest BCUT2D eigenvalue weighted by atomic mass is 16.6. The lowest BCUT2D eigenvalue weighted by Gasteiger charge is -2.13. The average Bonchev–Trinajstić information content (AvgIpc) is 2.34. The summed E-state index contributed by atoms with van der Waals surface area (Å²) in [6.45, 7) is 6.46. The molecular weight excluding hydrogens is 234 g/mol. The van der Waals surface area contributed by atoms with E-state index >= 15 is 0 Å². The van der Waals surface area contributed by atoms with Crippen LogP contribution < -0.4 is 5.32 Å². The fourth-order valence-corrected chi connectivity index (χ4v) is 1.24. The van der Waals surface area contributed by atoms with Crippen molar-refractivity contribution in [1.29, 1.82) is 0 Å². The molecule has 0 fully saturated rings. The Hall–Kier alpha value is -1.26. The average molecular weight is 259 g/mol. The topological polar surface area (TPSA) is 64.6 Å². The molecule has 0 aliphatic heterocycles. The minimum absolute atomic E-state index is 0.376. The number of carbonyl (C=O) groups is 2. The molecule has 0 aromatic carbocycles. The van der Waals surface area contributed by atoms with Gasteiger partial charge in [-0.05, 0) is 19.8 Å². The highest BCUT2D eigenvalue weighted by Gasteiger charge is 2.17. The van der Waals surface area contributed by atoms with E-state index in [1.54, 1.807) is 6.92 Å². The van der Waals surface area contributed by atoms with Gasteiger partial charge in [-0.1, -0.05) is 33.1 Å². The molecule has 0 aliphatic carbocycles. The SMILES string of the molecule is CCCCCOC(=O)C(C)NC(=O)OCCCC. The summed E-state index contributed by atoms with van der Waals surface area (Å²) in [4.78, 5) is 22.7. The van der Waals surface area contributed by atoms with Crippen LogP contribution >= 0.6 is 0 Å². The van der Waals surface area contributed by atoms with Gasteiger partial charge in [0.1, 0.15) is 6.04 Å². The number of esters is 1. The molecule has 1 amide bonds. The van der Waals surface area contributed by atoms with Crippen LogP contribution in [0.25, 0.3) is 0 Å². The molecule has 5 nitrogen and oxygen atoms in total. The Morgan fingerprint density at radius 2 is 1.61 bits per heavy atom. The second kappa shape index (κ2) is 10.9. The summed E-state index contributed by atoms with van der Waals surface area (Å²) in [5, 5.41) is 2.44.